The van der Waals surface area contributed by atoms with Gasteiger partial charge in [-0.2, -0.15) is 0 Å². The highest BCUT2D eigenvalue weighted by atomic mass is 32.2. The summed E-state index contributed by atoms with van der Waals surface area (Å²) in [5.41, 5.74) is 0. The molecular weight excluding hydrogens is 164 g/mol. The van der Waals surface area contributed by atoms with E-state index in [2.05, 4.69) is 6.92 Å². The highest BCUT2D eigenvalue weighted by molar-refractivity contribution is 7.86. The lowest BCUT2D eigenvalue weighted by Crippen LogP contribution is -2.25. The third-order valence-electron chi connectivity index (χ3n) is 2.37. The molecular formula is C7H13O3S-. The van der Waals surface area contributed by atoms with Crippen LogP contribution in [0.25, 0.3) is 0 Å². The molecule has 1 aliphatic carbocycles. The van der Waals surface area contributed by atoms with E-state index in [0.717, 1.165) is 12.8 Å². The molecule has 0 aromatic heterocycles. The van der Waals surface area contributed by atoms with Gasteiger partial charge < -0.3 is 4.55 Å². The van der Waals surface area contributed by atoms with Gasteiger partial charge in [0, 0.05) is 5.25 Å². The van der Waals surface area contributed by atoms with Gasteiger partial charge in [-0.05, 0) is 31.6 Å². The molecule has 11 heavy (non-hydrogen) atoms. The second-order valence-corrected chi connectivity index (χ2v) is 5.03. The molecule has 0 N–H and O–H groups in total. The van der Waals surface area contributed by atoms with Crippen molar-refractivity contribution in [1.82, 2.24) is 0 Å². The van der Waals surface area contributed by atoms with Crippen LogP contribution >= 0.6 is 0 Å². The van der Waals surface area contributed by atoms with E-state index in [-0.39, 0.29) is 0 Å². The van der Waals surface area contributed by atoms with Crippen LogP contribution in [0.2, 0.25) is 0 Å². The predicted octanol–water partition coefficient (Wildman–Crippen LogP) is 1.11. The first kappa shape index (κ1) is 9.00. The SMILES string of the molecule is CC1CCC(S(=O)(=O)[O-])CC1. The molecule has 3 nitrogen and oxygen atoms in total. The zero-order chi connectivity index (χ0) is 8.48. The number of rotatable bonds is 1. The van der Waals surface area contributed by atoms with E-state index in [1.807, 2.05) is 0 Å². The number of hydrogen-bond acceptors (Lipinski definition) is 3. The molecule has 4 heteroatoms. The molecule has 0 amide bonds. The molecule has 1 aliphatic rings. The largest absolute Gasteiger partial charge is 0.748 e. The fourth-order valence-electron chi connectivity index (χ4n) is 1.52. The van der Waals surface area contributed by atoms with Crippen molar-refractivity contribution < 1.29 is 13.0 Å². The molecule has 0 unspecified atom stereocenters. The maximum absolute atomic E-state index is 10.5. The highest BCUT2D eigenvalue weighted by Crippen LogP contribution is 2.27. The third-order valence-corrected chi connectivity index (χ3v) is 3.66. The standard InChI is InChI=1S/C7H14O3S/c1-6-2-4-7(5-3-6)11(8,9)10/h6-7H,2-5H2,1H3,(H,8,9,10)/p-1. The van der Waals surface area contributed by atoms with E-state index in [1.165, 1.54) is 0 Å². The summed E-state index contributed by atoms with van der Waals surface area (Å²) in [5.74, 6) is 0.591. The van der Waals surface area contributed by atoms with Crippen molar-refractivity contribution in [2.75, 3.05) is 0 Å². The summed E-state index contributed by atoms with van der Waals surface area (Å²) in [5, 5.41) is -0.598. The molecule has 0 radical (unpaired) electrons. The minimum atomic E-state index is -4.00. The summed E-state index contributed by atoms with van der Waals surface area (Å²) >= 11 is 0. The Morgan fingerprint density at radius 2 is 1.64 bits per heavy atom. The van der Waals surface area contributed by atoms with Crippen molar-refractivity contribution >= 4 is 10.1 Å². The van der Waals surface area contributed by atoms with Gasteiger partial charge in [0.2, 0.25) is 0 Å². The lowest BCUT2D eigenvalue weighted by atomic mass is 9.91. The van der Waals surface area contributed by atoms with E-state index in [0.29, 0.717) is 18.8 Å². The summed E-state index contributed by atoms with van der Waals surface area (Å²) < 4.78 is 31.6. The number of hydrogen-bond donors (Lipinski definition) is 0. The van der Waals surface area contributed by atoms with Crippen molar-refractivity contribution in [2.24, 2.45) is 5.92 Å². The fraction of sp³-hybridized carbons (Fsp3) is 1.00. The van der Waals surface area contributed by atoms with E-state index in [1.54, 1.807) is 0 Å². The zero-order valence-electron chi connectivity index (χ0n) is 6.62. The monoisotopic (exact) mass is 177 g/mol. The fourth-order valence-corrected chi connectivity index (χ4v) is 2.37. The van der Waals surface area contributed by atoms with Gasteiger partial charge in [-0.25, -0.2) is 8.42 Å². The average Bonchev–Trinajstić information content (AvgIpc) is 1.86. The molecule has 0 spiro atoms. The van der Waals surface area contributed by atoms with Crippen molar-refractivity contribution in [3.8, 4) is 0 Å². The van der Waals surface area contributed by atoms with Gasteiger partial charge in [-0.15, -0.1) is 0 Å². The molecule has 0 aromatic carbocycles. The van der Waals surface area contributed by atoms with Gasteiger partial charge >= 0.3 is 0 Å². The van der Waals surface area contributed by atoms with Crippen LogP contribution in [0.3, 0.4) is 0 Å². The van der Waals surface area contributed by atoms with Crippen molar-refractivity contribution in [1.29, 1.82) is 0 Å². The molecule has 1 fully saturated rings. The summed E-state index contributed by atoms with van der Waals surface area (Å²) in [6.07, 6.45) is 2.89. The van der Waals surface area contributed by atoms with Crippen LogP contribution in [0.4, 0.5) is 0 Å². The molecule has 0 aromatic rings. The molecule has 0 heterocycles. The molecule has 0 saturated heterocycles. The molecule has 0 atom stereocenters. The third kappa shape index (κ3) is 2.45. The quantitative estimate of drug-likeness (QED) is 0.564. The van der Waals surface area contributed by atoms with E-state index < -0.39 is 15.4 Å². The second kappa shape index (κ2) is 3.11. The van der Waals surface area contributed by atoms with Crippen LogP contribution in [0.15, 0.2) is 0 Å². The van der Waals surface area contributed by atoms with Gasteiger partial charge in [0.25, 0.3) is 0 Å². The minimum absolute atomic E-state index is 0.562. The van der Waals surface area contributed by atoms with E-state index >= 15 is 0 Å². The minimum Gasteiger partial charge on any atom is -0.748 e. The first-order chi connectivity index (χ1) is 5.00. The van der Waals surface area contributed by atoms with Crippen LogP contribution in [0.5, 0.6) is 0 Å². The molecule has 1 saturated carbocycles. The smallest absolute Gasteiger partial charge is 0.0975 e. The van der Waals surface area contributed by atoms with Gasteiger partial charge in [0.1, 0.15) is 0 Å². The Hall–Kier alpha value is -0.0900. The van der Waals surface area contributed by atoms with Crippen LogP contribution < -0.4 is 0 Å². The lowest BCUT2D eigenvalue weighted by molar-refractivity contribution is 0.359. The van der Waals surface area contributed by atoms with Crippen LogP contribution in [0, 0.1) is 5.92 Å². The first-order valence-electron chi connectivity index (χ1n) is 3.95. The zero-order valence-corrected chi connectivity index (χ0v) is 7.43. The summed E-state index contributed by atoms with van der Waals surface area (Å²) in [6.45, 7) is 2.09. The maximum Gasteiger partial charge on any atom is 0.0975 e. The Labute approximate surface area is 67.6 Å². The average molecular weight is 177 g/mol. The second-order valence-electron chi connectivity index (χ2n) is 3.37. The Kier molecular flexibility index (Phi) is 2.54. The van der Waals surface area contributed by atoms with E-state index in [4.69, 9.17) is 0 Å². The maximum atomic E-state index is 10.5. The van der Waals surface area contributed by atoms with Gasteiger partial charge in [0.15, 0.2) is 0 Å². The Morgan fingerprint density at radius 3 is 2.00 bits per heavy atom. The summed E-state index contributed by atoms with van der Waals surface area (Å²) in [4.78, 5) is 0. The van der Waals surface area contributed by atoms with Crippen LogP contribution in [-0.4, -0.2) is 18.2 Å². The lowest BCUT2D eigenvalue weighted by Gasteiger charge is -2.27. The Bertz CT molecular complexity index is 212. The molecule has 1 rings (SSSR count). The van der Waals surface area contributed by atoms with Crippen molar-refractivity contribution in [3.63, 3.8) is 0 Å². The topological polar surface area (TPSA) is 57.2 Å². The van der Waals surface area contributed by atoms with Gasteiger partial charge in [-0.1, -0.05) is 6.92 Å². The predicted molar refractivity (Wildman–Crippen MR) is 41.1 cm³/mol. The van der Waals surface area contributed by atoms with Crippen molar-refractivity contribution in [3.05, 3.63) is 0 Å². The summed E-state index contributed by atoms with van der Waals surface area (Å²) in [7, 11) is -4.00. The Balaban J connectivity index is 2.53. The van der Waals surface area contributed by atoms with Crippen LogP contribution in [-0.2, 0) is 10.1 Å². The van der Waals surface area contributed by atoms with E-state index in [9.17, 15) is 13.0 Å². The molecule has 0 aliphatic heterocycles. The molecule has 66 valence electrons. The van der Waals surface area contributed by atoms with Crippen molar-refractivity contribution in [2.45, 2.75) is 37.9 Å². The van der Waals surface area contributed by atoms with Gasteiger partial charge in [0.05, 0.1) is 10.1 Å². The van der Waals surface area contributed by atoms with Crippen LogP contribution in [0.1, 0.15) is 32.6 Å². The first-order valence-corrected chi connectivity index (χ1v) is 5.42. The summed E-state index contributed by atoms with van der Waals surface area (Å²) in [6, 6.07) is 0. The molecule has 0 bridgehead atoms. The Morgan fingerprint density at radius 1 is 1.18 bits per heavy atom. The normalized spacial score (nSPS) is 33.6. The highest BCUT2D eigenvalue weighted by Gasteiger charge is 2.22. The van der Waals surface area contributed by atoms with Gasteiger partial charge in [-0.3, -0.25) is 0 Å².